The molecule has 0 radical (unpaired) electrons. The first-order valence-electron chi connectivity index (χ1n) is 7.03. The lowest BCUT2D eigenvalue weighted by atomic mass is 10.0. The molecule has 0 unspecified atom stereocenters. The number of esters is 1. The van der Waals surface area contributed by atoms with Crippen molar-refractivity contribution in [2.45, 2.75) is 32.7 Å². The van der Waals surface area contributed by atoms with Gasteiger partial charge in [-0.15, -0.1) is 0 Å². The van der Waals surface area contributed by atoms with Gasteiger partial charge in [-0.05, 0) is 42.0 Å². The zero-order valence-electron chi connectivity index (χ0n) is 12.5. The summed E-state index contributed by atoms with van der Waals surface area (Å²) in [7, 11) is -1.98. The summed E-state index contributed by atoms with van der Waals surface area (Å²) in [5.41, 5.74) is 2.41. The summed E-state index contributed by atoms with van der Waals surface area (Å²) in [5.74, 6) is -0.228. The fourth-order valence-electron chi connectivity index (χ4n) is 2.67. The normalized spacial score (nSPS) is 17.8. The van der Waals surface area contributed by atoms with Crippen molar-refractivity contribution in [2.24, 2.45) is 5.92 Å². The number of carbonyl (C=O) groups excluding carboxylic acids is 1. The van der Waals surface area contributed by atoms with Crippen LogP contribution in [0.4, 0.5) is 0 Å². The van der Waals surface area contributed by atoms with Crippen molar-refractivity contribution in [3.05, 3.63) is 34.9 Å². The van der Waals surface area contributed by atoms with E-state index in [1.54, 1.807) is 12.1 Å². The Hall–Kier alpha value is -1.40. The monoisotopic (exact) mass is 311 g/mol. The van der Waals surface area contributed by atoms with E-state index >= 15 is 0 Å². The van der Waals surface area contributed by atoms with Gasteiger partial charge < -0.3 is 4.74 Å². The second-order valence-corrected chi connectivity index (χ2v) is 7.59. The number of nitrogens with one attached hydrogen (secondary N) is 1. The van der Waals surface area contributed by atoms with Crippen molar-refractivity contribution in [3.63, 3.8) is 0 Å². The quantitative estimate of drug-likeness (QED) is 0.845. The van der Waals surface area contributed by atoms with Gasteiger partial charge in [0.15, 0.2) is 0 Å². The molecular weight excluding hydrogens is 290 g/mol. The molecule has 0 saturated carbocycles. The predicted octanol–water partition coefficient (Wildman–Crippen LogP) is 2.04. The molecule has 1 atom stereocenters. The van der Waals surface area contributed by atoms with Crippen LogP contribution < -0.4 is 4.72 Å². The molecular formula is C15H21NO4S. The minimum Gasteiger partial charge on any atom is -0.465 e. The second-order valence-electron chi connectivity index (χ2n) is 5.79. The SMILES string of the molecule is COC(=O)c1ccc2c(c1)[C@H](NS(=O)(=O)CC(C)C)CC2. The highest BCUT2D eigenvalue weighted by atomic mass is 32.2. The Labute approximate surface area is 125 Å². The minimum absolute atomic E-state index is 0.0739. The first kappa shape index (κ1) is 16.0. The molecule has 0 saturated heterocycles. The predicted molar refractivity (Wildman–Crippen MR) is 80.6 cm³/mol. The molecule has 1 aromatic carbocycles. The van der Waals surface area contributed by atoms with Crippen LogP contribution in [-0.4, -0.2) is 27.2 Å². The highest BCUT2D eigenvalue weighted by Crippen LogP contribution is 2.32. The van der Waals surface area contributed by atoms with Gasteiger partial charge in [0.1, 0.15) is 0 Å². The van der Waals surface area contributed by atoms with Gasteiger partial charge in [0.05, 0.1) is 18.4 Å². The van der Waals surface area contributed by atoms with Gasteiger partial charge in [-0.3, -0.25) is 0 Å². The molecule has 0 amide bonds. The maximum absolute atomic E-state index is 12.1. The number of rotatable bonds is 5. The van der Waals surface area contributed by atoms with E-state index in [9.17, 15) is 13.2 Å². The molecule has 0 bridgehead atoms. The minimum atomic E-state index is -3.31. The molecule has 0 aliphatic heterocycles. The van der Waals surface area contributed by atoms with E-state index in [1.807, 2.05) is 19.9 Å². The van der Waals surface area contributed by atoms with Gasteiger partial charge in [0, 0.05) is 6.04 Å². The van der Waals surface area contributed by atoms with Crippen molar-refractivity contribution >= 4 is 16.0 Å². The van der Waals surface area contributed by atoms with E-state index in [-0.39, 0.29) is 17.7 Å². The van der Waals surface area contributed by atoms with Crippen LogP contribution in [0.25, 0.3) is 0 Å². The van der Waals surface area contributed by atoms with Crippen LogP contribution >= 0.6 is 0 Å². The van der Waals surface area contributed by atoms with Crippen LogP contribution in [-0.2, 0) is 21.2 Å². The van der Waals surface area contributed by atoms with Crippen LogP contribution in [0.2, 0.25) is 0 Å². The number of methoxy groups -OCH3 is 1. The Bertz CT molecular complexity index is 637. The third kappa shape index (κ3) is 3.83. The molecule has 1 aromatic rings. The highest BCUT2D eigenvalue weighted by Gasteiger charge is 2.27. The maximum atomic E-state index is 12.1. The van der Waals surface area contributed by atoms with E-state index in [4.69, 9.17) is 4.74 Å². The van der Waals surface area contributed by atoms with Crippen LogP contribution in [0.3, 0.4) is 0 Å². The molecule has 2 rings (SSSR count). The fraction of sp³-hybridized carbons (Fsp3) is 0.533. The van der Waals surface area contributed by atoms with Crippen LogP contribution in [0.1, 0.15) is 47.8 Å². The Kier molecular flexibility index (Phi) is 4.68. The average molecular weight is 311 g/mol. The summed E-state index contributed by atoms with van der Waals surface area (Å²) in [4.78, 5) is 11.6. The number of benzene rings is 1. The number of hydrogen-bond acceptors (Lipinski definition) is 4. The van der Waals surface area contributed by atoms with Gasteiger partial charge in [-0.1, -0.05) is 19.9 Å². The summed E-state index contributed by atoms with van der Waals surface area (Å²) in [6.45, 7) is 3.74. The molecule has 5 nitrogen and oxygen atoms in total. The second kappa shape index (κ2) is 6.15. The summed E-state index contributed by atoms with van der Waals surface area (Å²) in [5, 5.41) is 0. The lowest BCUT2D eigenvalue weighted by Gasteiger charge is -2.16. The third-order valence-corrected chi connectivity index (χ3v) is 5.27. The Morgan fingerprint density at radius 1 is 1.43 bits per heavy atom. The number of ether oxygens (including phenoxy) is 1. The number of carbonyl (C=O) groups is 1. The van der Waals surface area contributed by atoms with Crippen LogP contribution in [0.15, 0.2) is 18.2 Å². The first-order valence-corrected chi connectivity index (χ1v) is 8.69. The molecule has 0 spiro atoms. The topological polar surface area (TPSA) is 72.5 Å². The van der Waals surface area contributed by atoms with E-state index in [0.29, 0.717) is 5.56 Å². The van der Waals surface area contributed by atoms with Gasteiger partial charge in [-0.25, -0.2) is 17.9 Å². The van der Waals surface area contributed by atoms with E-state index in [1.165, 1.54) is 7.11 Å². The average Bonchev–Trinajstić information content (AvgIpc) is 2.78. The van der Waals surface area contributed by atoms with Gasteiger partial charge in [0.2, 0.25) is 10.0 Å². The molecule has 1 aliphatic carbocycles. The number of sulfonamides is 1. The largest absolute Gasteiger partial charge is 0.465 e. The molecule has 0 aromatic heterocycles. The summed E-state index contributed by atoms with van der Waals surface area (Å²) in [6.07, 6.45) is 1.53. The fourth-order valence-corrected chi connectivity index (χ4v) is 4.33. The highest BCUT2D eigenvalue weighted by molar-refractivity contribution is 7.89. The standard InChI is InChI=1S/C15H21NO4S/c1-10(2)9-21(18,19)16-14-7-6-11-4-5-12(8-13(11)14)15(17)20-3/h4-5,8,10,14,16H,6-7,9H2,1-3H3/t14-/m1/s1. The van der Waals surface area contributed by atoms with Gasteiger partial charge in [0.25, 0.3) is 0 Å². The lowest BCUT2D eigenvalue weighted by molar-refractivity contribution is 0.0600. The van der Waals surface area contributed by atoms with Gasteiger partial charge in [-0.2, -0.15) is 0 Å². The Morgan fingerprint density at radius 2 is 2.14 bits per heavy atom. The molecule has 0 fully saturated rings. The molecule has 1 aliphatic rings. The Morgan fingerprint density at radius 3 is 2.76 bits per heavy atom. The van der Waals surface area contributed by atoms with Crippen molar-refractivity contribution < 1.29 is 17.9 Å². The van der Waals surface area contributed by atoms with Crippen molar-refractivity contribution in [1.29, 1.82) is 0 Å². The van der Waals surface area contributed by atoms with Crippen molar-refractivity contribution in [2.75, 3.05) is 12.9 Å². The van der Waals surface area contributed by atoms with Crippen molar-refractivity contribution in [1.82, 2.24) is 4.72 Å². The number of fused-ring (bicyclic) bond motifs is 1. The first-order chi connectivity index (χ1) is 9.82. The molecule has 21 heavy (non-hydrogen) atoms. The van der Waals surface area contributed by atoms with Crippen molar-refractivity contribution in [3.8, 4) is 0 Å². The third-order valence-electron chi connectivity index (χ3n) is 3.52. The summed E-state index contributed by atoms with van der Waals surface area (Å²) >= 11 is 0. The smallest absolute Gasteiger partial charge is 0.337 e. The molecule has 6 heteroatoms. The molecule has 1 N–H and O–H groups in total. The van der Waals surface area contributed by atoms with Crippen LogP contribution in [0, 0.1) is 5.92 Å². The lowest BCUT2D eigenvalue weighted by Crippen LogP contribution is -2.31. The van der Waals surface area contributed by atoms with E-state index in [2.05, 4.69) is 4.72 Å². The zero-order valence-corrected chi connectivity index (χ0v) is 13.4. The maximum Gasteiger partial charge on any atom is 0.337 e. The summed E-state index contributed by atoms with van der Waals surface area (Å²) in [6, 6.07) is 5.07. The molecule has 116 valence electrons. The Balaban J connectivity index is 2.23. The van der Waals surface area contributed by atoms with Gasteiger partial charge >= 0.3 is 5.97 Å². The number of hydrogen-bond donors (Lipinski definition) is 1. The van der Waals surface area contributed by atoms with E-state index in [0.717, 1.165) is 24.0 Å². The van der Waals surface area contributed by atoms with E-state index < -0.39 is 16.0 Å². The van der Waals surface area contributed by atoms with Crippen LogP contribution in [0.5, 0.6) is 0 Å². The molecule has 0 heterocycles. The number of aryl methyl sites for hydroxylation is 1. The summed E-state index contributed by atoms with van der Waals surface area (Å²) < 4.78 is 31.6. The zero-order chi connectivity index (χ0) is 15.6.